The van der Waals surface area contributed by atoms with Crippen molar-refractivity contribution in [1.29, 1.82) is 5.26 Å². The van der Waals surface area contributed by atoms with Crippen LogP contribution in [0.2, 0.25) is 0 Å². The largest absolute Gasteiger partial charge is 0.341 e. The standard InChI is InChI=1S/C26H30N4O3/c1-21-8-5-9-22(20-21)26(33)29-16-7-15-28(18-19-29)24(31)12-13-25(32)30(17-6-14-27)23-10-3-2-4-11-23/h2-5,8-11,20H,6-7,12-13,15-19H2,1H3. The zero-order valence-corrected chi connectivity index (χ0v) is 19.1. The zero-order chi connectivity index (χ0) is 23.6. The first kappa shape index (κ1) is 24.0. The number of benzene rings is 2. The molecule has 1 heterocycles. The molecule has 0 radical (unpaired) electrons. The van der Waals surface area contributed by atoms with Gasteiger partial charge in [0.25, 0.3) is 5.91 Å². The van der Waals surface area contributed by atoms with Crippen LogP contribution in [0.3, 0.4) is 0 Å². The first-order valence-electron chi connectivity index (χ1n) is 11.4. The minimum atomic E-state index is -0.170. The Kier molecular flexibility index (Phi) is 8.59. The summed E-state index contributed by atoms with van der Waals surface area (Å²) in [4.78, 5) is 43.6. The number of anilines is 1. The summed E-state index contributed by atoms with van der Waals surface area (Å²) in [5, 5.41) is 8.93. The number of amides is 3. The second-order valence-corrected chi connectivity index (χ2v) is 8.19. The van der Waals surface area contributed by atoms with Crippen molar-refractivity contribution < 1.29 is 14.4 Å². The first-order chi connectivity index (χ1) is 16.0. The molecule has 0 spiro atoms. The van der Waals surface area contributed by atoms with Gasteiger partial charge in [0.1, 0.15) is 0 Å². The van der Waals surface area contributed by atoms with Gasteiger partial charge in [-0.1, -0.05) is 35.9 Å². The third-order valence-electron chi connectivity index (χ3n) is 5.77. The molecule has 33 heavy (non-hydrogen) atoms. The Morgan fingerprint density at radius 2 is 1.67 bits per heavy atom. The molecule has 0 unspecified atom stereocenters. The van der Waals surface area contributed by atoms with Crippen molar-refractivity contribution in [3.8, 4) is 6.07 Å². The average Bonchev–Trinajstić information content (AvgIpc) is 3.09. The number of para-hydroxylation sites is 1. The number of hydrogen-bond acceptors (Lipinski definition) is 4. The molecular formula is C26H30N4O3. The van der Waals surface area contributed by atoms with E-state index in [0.717, 1.165) is 11.3 Å². The molecular weight excluding hydrogens is 416 g/mol. The molecule has 1 fully saturated rings. The molecule has 0 atom stereocenters. The normalized spacial score (nSPS) is 13.7. The molecule has 172 valence electrons. The van der Waals surface area contributed by atoms with Crippen LogP contribution in [0, 0.1) is 18.3 Å². The van der Waals surface area contributed by atoms with Crippen molar-refractivity contribution >= 4 is 23.4 Å². The average molecular weight is 447 g/mol. The summed E-state index contributed by atoms with van der Waals surface area (Å²) in [5.41, 5.74) is 2.43. The molecule has 0 N–H and O–H groups in total. The maximum atomic E-state index is 12.8. The summed E-state index contributed by atoms with van der Waals surface area (Å²) in [5.74, 6) is -0.267. The Bertz CT molecular complexity index is 1020. The Hall–Kier alpha value is -3.66. The molecule has 0 aliphatic carbocycles. The lowest BCUT2D eigenvalue weighted by molar-refractivity contribution is -0.133. The molecule has 3 amide bonds. The smallest absolute Gasteiger partial charge is 0.253 e. The highest BCUT2D eigenvalue weighted by molar-refractivity contribution is 5.96. The summed E-state index contributed by atoms with van der Waals surface area (Å²) in [6.07, 6.45) is 1.13. The first-order valence-corrected chi connectivity index (χ1v) is 11.4. The van der Waals surface area contributed by atoms with E-state index < -0.39 is 0 Å². The van der Waals surface area contributed by atoms with Crippen molar-refractivity contribution in [2.75, 3.05) is 37.6 Å². The van der Waals surface area contributed by atoms with E-state index in [-0.39, 0.29) is 37.0 Å². The van der Waals surface area contributed by atoms with Crippen LogP contribution in [0.5, 0.6) is 0 Å². The highest BCUT2D eigenvalue weighted by atomic mass is 16.2. The van der Waals surface area contributed by atoms with E-state index in [2.05, 4.69) is 6.07 Å². The van der Waals surface area contributed by atoms with E-state index in [1.54, 1.807) is 14.7 Å². The predicted octanol–water partition coefficient (Wildman–Crippen LogP) is 3.40. The highest BCUT2D eigenvalue weighted by Gasteiger charge is 2.24. The van der Waals surface area contributed by atoms with Gasteiger partial charge in [0, 0.05) is 56.8 Å². The van der Waals surface area contributed by atoms with Crippen molar-refractivity contribution in [3.05, 3.63) is 65.7 Å². The van der Waals surface area contributed by atoms with Crippen LogP contribution in [0.4, 0.5) is 5.69 Å². The third-order valence-corrected chi connectivity index (χ3v) is 5.77. The molecule has 7 nitrogen and oxygen atoms in total. The Morgan fingerprint density at radius 1 is 0.939 bits per heavy atom. The number of carbonyl (C=O) groups is 3. The van der Waals surface area contributed by atoms with Gasteiger partial charge in [0.15, 0.2) is 0 Å². The fraction of sp³-hybridized carbons (Fsp3) is 0.385. The van der Waals surface area contributed by atoms with E-state index in [4.69, 9.17) is 5.26 Å². The van der Waals surface area contributed by atoms with Crippen LogP contribution < -0.4 is 4.90 Å². The van der Waals surface area contributed by atoms with Crippen LogP contribution in [0.25, 0.3) is 0 Å². The van der Waals surface area contributed by atoms with E-state index in [0.29, 0.717) is 44.7 Å². The molecule has 7 heteroatoms. The molecule has 2 aromatic carbocycles. The molecule has 1 aliphatic rings. The Labute approximate surface area is 195 Å². The summed E-state index contributed by atoms with van der Waals surface area (Å²) in [6.45, 7) is 4.37. The Morgan fingerprint density at radius 3 is 2.39 bits per heavy atom. The van der Waals surface area contributed by atoms with Crippen LogP contribution in [0.1, 0.15) is 41.6 Å². The topological polar surface area (TPSA) is 84.7 Å². The minimum Gasteiger partial charge on any atom is -0.341 e. The SMILES string of the molecule is Cc1cccc(C(=O)N2CCCN(C(=O)CCC(=O)N(CCC#N)c3ccccc3)CC2)c1. The molecule has 0 saturated carbocycles. The van der Waals surface area contributed by atoms with E-state index in [1.165, 1.54) is 0 Å². The van der Waals surface area contributed by atoms with Crippen LogP contribution >= 0.6 is 0 Å². The van der Waals surface area contributed by atoms with Gasteiger partial charge in [-0.15, -0.1) is 0 Å². The summed E-state index contributed by atoms with van der Waals surface area (Å²) in [6, 6.07) is 18.8. The van der Waals surface area contributed by atoms with Crippen LogP contribution in [-0.4, -0.2) is 60.2 Å². The summed E-state index contributed by atoms with van der Waals surface area (Å²) < 4.78 is 0. The van der Waals surface area contributed by atoms with Gasteiger partial charge in [0.2, 0.25) is 11.8 Å². The number of carbonyl (C=O) groups excluding carboxylic acids is 3. The van der Waals surface area contributed by atoms with Gasteiger partial charge < -0.3 is 14.7 Å². The van der Waals surface area contributed by atoms with Gasteiger partial charge in [-0.3, -0.25) is 14.4 Å². The predicted molar refractivity (Wildman–Crippen MR) is 127 cm³/mol. The summed E-state index contributed by atoms with van der Waals surface area (Å²) in [7, 11) is 0. The summed E-state index contributed by atoms with van der Waals surface area (Å²) >= 11 is 0. The lowest BCUT2D eigenvalue weighted by atomic mass is 10.1. The maximum absolute atomic E-state index is 12.8. The monoisotopic (exact) mass is 446 g/mol. The van der Waals surface area contributed by atoms with Crippen LogP contribution in [-0.2, 0) is 9.59 Å². The zero-order valence-electron chi connectivity index (χ0n) is 19.1. The van der Waals surface area contributed by atoms with E-state index >= 15 is 0 Å². The van der Waals surface area contributed by atoms with E-state index in [9.17, 15) is 14.4 Å². The Balaban J connectivity index is 1.54. The second-order valence-electron chi connectivity index (χ2n) is 8.19. The number of nitriles is 1. The number of nitrogens with zero attached hydrogens (tertiary/aromatic N) is 4. The molecule has 2 aromatic rings. The number of hydrogen-bond donors (Lipinski definition) is 0. The second kappa shape index (κ2) is 11.8. The minimum absolute atomic E-state index is 0.0147. The van der Waals surface area contributed by atoms with Gasteiger partial charge in [-0.25, -0.2) is 0 Å². The molecule has 1 saturated heterocycles. The molecule has 1 aliphatic heterocycles. The lowest BCUT2D eigenvalue weighted by Gasteiger charge is -2.24. The highest BCUT2D eigenvalue weighted by Crippen LogP contribution is 2.17. The third kappa shape index (κ3) is 6.66. The number of aryl methyl sites for hydroxylation is 1. The molecule has 0 bridgehead atoms. The number of rotatable bonds is 7. The quantitative estimate of drug-likeness (QED) is 0.653. The maximum Gasteiger partial charge on any atom is 0.253 e. The molecule has 3 rings (SSSR count). The van der Waals surface area contributed by atoms with Crippen molar-refractivity contribution in [3.63, 3.8) is 0 Å². The van der Waals surface area contributed by atoms with E-state index in [1.807, 2.05) is 61.5 Å². The van der Waals surface area contributed by atoms with Crippen molar-refractivity contribution in [2.45, 2.75) is 32.6 Å². The van der Waals surface area contributed by atoms with Crippen molar-refractivity contribution in [1.82, 2.24) is 9.80 Å². The van der Waals surface area contributed by atoms with Crippen LogP contribution in [0.15, 0.2) is 54.6 Å². The van der Waals surface area contributed by atoms with Gasteiger partial charge in [0.05, 0.1) is 12.5 Å². The lowest BCUT2D eigenvalue weighted by Crippen LogP contribution is -2.38. The molecule has 0 aromatic heterocycles. The van der Waals surface area contributed by atoms with Crippen molar-refractivity contribution in [2.24, 2.45) is 0 Å². The fourth-order valence-corrected chi connectivity index (χ4v) is 4.01. The fourth-order valence-electron chi connectivity index (χ4n) is 4.01. The van der Waals surface area contributed by atoms with Gasteiger partial charge in [-0.05, 0) is 37.6 Å². The van der Waals surface area contributed by atoms with Gasteiger partial charge in [-0.2, -0.15) is 5.26 Å². The van der Waals surface area contributed by atoms with Gasteiger partial charge >= 0.3 is 0 Å².